The first kappa shape index (κ1) is 11.8. The average molecular weight is 241 g/mol. The molecule has 1 saturated heterocycles. The summed E-state index contributed by atoms with van der Waals surface area (Å²) in [5.41, 5.74) is 1.11. The van der Waals surface area contributed by atoms with E-state index in [0.717, 1.165) is 55.6 Å². The van der Waals surface area contributed by atoms with Crippen LogP contribution in [-0.2, 0) is 11.3 Å². The van der Waals surface area contributed by atoms with E-state index in [9.17, 15) is 0 Å². The summed E-state index contributed by atoms with van der Waals surface area (Å²) >= 11 is 6.02. The molecule has 1 aromatic rings. The fourth-order valence-corrected chi connectivity index (χ4v) is 2.10. The van der Waals surface area contributed by atoms with Gasteiger partial charge in [0.1, 0.15) is 0 Å². The standard InChI is InChI=1S/C12H17ClN2O/c13-12-9-14-4-1-11(12)8-15-7-10-2-5-16-6-3-10/h1,4,9-10,15H,2-3,5-8H2. The van der Waals surface area contributed by atoms with E-state index in [4.69, 9.17) is 16.3 Å². The Labute approximate surface area is 101 Å². The predicted molar refractivity (Wildman–Crippen MR) is 64.5 cm³/mol. The van der Waals surface area contributed by atoms with Crippen molar-refractivity contribution >= 4 is 11.6 Å². The van der Waals surface area contributed by atoms with E-state index in [-0.39, 0.29) is 0 Å². The van der Waals surface area contributed by atoms with Crippen LogP contribution in [0.1, 0.15) is 18.4 Å². The minimum atomic E-state index is 0.738. The highest BCUT2D eigenvalue weighted by molar-refractivity contribution is 6.31. The molecular formula is C12H17ClN2O. The lowest BCUT2D eigenvalue weighted by atomic mass is 10.0. The molecule has 2 rings (SSSR count). The molecule has 1 fully saturated rings. The zero-order valence-electron chi connectivity index (χ0n) is 9.29. The van der Waals surface area contributed by atoms with Crippen molar-refractivity contribution in [1.29, 1.82) is 0 Å². The Balaban J connectivity index is 1.73. The SMILES string of the molecule is Clc1cnccc1CNCC1CCOCC1. The maximum Gasteiger partial charge on any atom is 0.0634 e. The molecule has 0 bridgehead atoms. The molecular weight excluding hydrogens is 224 g/mol. The van der Waals surface area contributed by atoms with Crippen LogP contribution in [0.5, 0.6) is 0 Å². The molecule has 1 N–H and O–H groups in total. The van der Waals surface area contributed by atoms with Gasteiger partial charge in [0.15, 0.2) is 0 Å². The van der Waals surface area contributed by atoms with Crippen LogP contribution < -0.4 is 5.32 Å². The number of ether oxygens (including phenoxy) is 1. The quantitative estimate of drug-likeness (QED) is 0.877. The van der Waals surface area contributed by atoms with Crippen molar-refractivity contribution in [2.45, 2.75) is 19.4 Å². The molecule has 2 heterocycles. The summed E-state index contributed by atoms with van der Waals surface area (Å²) in [6, 6.07) is 1.96. The summed E-state index contributed by atoms with van der Waals surface area (Å²) in [7, 11) is 0. The molecule has 0 amide bonds. The van der Waals surface area contributed by atoms with Crippen LogP contribution in [-0.4, -0.2) is 24.7 Å². The number of hydrogen-bond acceptors (Lipinski definition) is 3. The third-order valence-corrected chi connectivity index (χ3v) is 3.29. The van der Waals surface area contributed by atoms with Gasteiger partial charge >= 0.3 is 0 Å². The molecule has 16 heavy (non-hydrogen) atoms. The lowest BCUT2D eigenvalue weighted by molar-refractivity contribution is 0.0662. The van der Waals surface area contributed by atoms with E-state index < -0.39 is 0 Å². The summed E-state index contributed by atoms with van der Waals surface area (Å²) in [6.45, 7) is 3.67. The van der Waals surface area contributed by atoms with Crippen molar-refractivity contribution in [1.82, 2.24) is 10.3 Å². The van der Waals surface area contributed by atoms with Gasteiger partial charge in [-0.15, -0.1) is 0 Å². The van der Waals surface area contributed by atoms with Gasteiger partial charge in [0, 0.05) is 32.2 Å². The number of hydrogen-bond donors (Lipinski definition) is 1. The van der Waals surface area contributed by atoms with Crippen LogP contribution in [0.15, 0.2) is 18.5 Å². The summed E-state index contributed by atoms with van der Waals surface area (Å²) in [6.07, 6.45) is 5.79. The maximum atomic E-state index is 6.02. The number of halogens is 1. The second-order valence-electron chi connectivity index (χ2n) is 4.15. The molecule has 4 heteroatoms. The monoisotopic (exact) mass is 240 g/mol. The van der Waals surface area contributed by atoms with Crippen LogP contribution in [0.2, 0.25) is 5.02 Å². The second kappa shape index (κ2) is 6.18. The van der Waals surface area contributed by atoms with Crippen LogP contribution in [0.3, 0.4) is 0 Å². The normalized spacial score (nSPS) is 17.6. The van der Waals surface area contributed by atoms with Gasteiger partial charge in [-0.05, 0) is 36.9 Å². The molecule has 88 valence electrons. The van der Waals surface area contributed by atoms with Crippen molar-refractivity contribution in [2.24, 2.45) is 5.92 Å². The number of pyridine rings is 1. The van der Waals surface area contributed by atoms with Crippen LogP contribution >= 0.6 is 11.6 Å². The van der Waals surface area contributed by atoms with Gasteiger partial charge in [0.05, 0.1) is 5.02 Å². The number of aromatic nitrogens is 1. The lowest BCUT2D eigenvalue weighted by Gasteiger charge is -2.22. The first-order chi connectivity index (χ1) is 7.86. The number of nitrogens with one attached hydrogen (secondary N) is 1. The van der Waals surface area contributed by atoms with E-state index >= 15 is 0 Å². The molecule has 1 aromatic heterocycles. The summed E-state index contributed by atoms with van der Waals surface area (Å²) in [5, 5.41) is 4.18. The Bertz CT molecular complexity index is 327. The average Bonchev–Trinajstić information content (AvgIpc) is 2.33. The van der Waals surface area contributed by atoms with Crippen LogP contribution in [0.4, 0.5) is 0 Å². The fourth-order valence-electron chi connectivity index (χ4n) is 1.91. The smallest absolute Gasteiger partial charge is 0.0634 e. The van der Waals surface area contributed by atoms with Crippen LogP contribution in [0.25, 0.3) is 0 Å². The highest BCUT2D eigenvalue weighted by atomic mass is 35.5. The molecule has 1 aliphatic heterocycles. The van der Waals surface area contributed by atoms with Crippen molar-refractivity contribution in [3.8, 4) is 0 Å². The van der Waals surface area contributed by atoms with E-state index in [1.54, 1.807) is 12.4 Å². The van der Waals surface area contributed by atoms with Gasteiger partial charge in [0.25, 0.3) is 0 Å². The number of nitrogens with zero attached hydrogens (tertiary/aromatic N) is 1. The van der Waals surface area contributed by atoms with E-state index in [0.29, 0.717) is 0 Å². The summed E-state index contributed by atoms with van der Waals surface area (Å²) < 4.78 is 5.33. The predicted octanol–water partition coefficient (Wildman–Crippen LogP) is 2.25. The third kappa shape index (κ3) is 3.44. The molecule has 0 atom stereocenters. The highest BCUT2D eigenvalue weighted by Crippen LogP contribution is 2.15. The van der Waals surface area contributed by atoms with Gasteiger partial charge < -0.3 is 10.1 Å². The van der Waals surface area contributed by atoms with E-state index in [2.05, 4.69) is 10.3 Å². The fraction of sp³-hybridized carbons (Fsp3) is 0.583. The molecule has 3 nitrogen and oxygen atoms in total. The van der Waals surface area contributed by atoms with Gasteiger partial charge in [-0.2, -0.15) is 0 Å². The largest absolute Gasteiger partial charge is 0.381 e. The molecule has 1 aliphatic rings. The lowest BCUT2D eigenvalue weighted by Crippen LogP contribution is -2.27. The van der Waals surface area contributed by atoms with Gasteiger partial charge in [0.2, 0.25) is 0 Å². The Morgan fingerprint density at radius 1 is 1.44 bits per heavy atom. The van der Waals surface area contributed by atoms with Gasteiger partial charge in [-0.1, -0.05) is 11.6 Å². The Hall–Kier alpha value is -0.640. The van der Waals surface area contributed by atoms with E-state index in [1.165, 1.54) is 0 Å². The zero-order valence-corrected chi connectivity index (χ0v) is 10.0. The third-order valence-electron chi connectivity index (χ3n) is 2.95. The number of rotatable bonds is 4. The van der Waals surface area contributed by atoms with Crippen molar-refractivity contribution in [2.75, 3.05) is 19.8 Å². The van der Waals surface area contributed by atoms with Crippen molar-refractivity contribution in [3.63, 3.8) is 0 Å². The topological polar surface area (TPSA) is 34.2 Å². The first-order valence-electron chi connectivity index (χ1n) is 5.73. The van der Waals surface area contributed by atoms with Crippen molar-refractivity contribution in [3.05, 3.63) is 29.0 Å². The molecule has 0 spiro atoms. The van der Waals surface area contributed by atoms with Crippen molar-refractivity contribution < 1.29 is 4.74 Å². The first-order valence-corrected chi connectivity index (χ1v) is 6.11. The highest BCUT2D eigenvalue weighted by Gasteiger charge is 2.12. The van der Waals surface area contributed by atoms with Crippen LogP contribution in [0, 0.1) is 5.92 Å². The Morgan fingerprint density at radius 3 is 3.00 bits per heavy atom. The minimum Gasteiger partial charge on any atom is -0.381 e. The molecule has 0 unspecified atom stereocenters. The molecule has 0 saturated carbocycles. The maximum absolute atomic E-state index is 6.02. The summed E-state index contributed by atoms with van der Waals surface area (Å²) in [5.74, 6) is 0.745. The second-order valence-corrected chi connectivity index (χ2v) is 4.56. The van der Waals surface area contributed by atoms with Gasteiger partial charge in [-0.3, -0.25) is 4.98 Å². The minimum absolute atomic E-state index is 0.738. The van der Waals surface area contributed by atoms with Gasteiger partial charge in [-0.25, -0.2) is 0 Å². The molecule has 0 aromatic carbocycles. The Kier molecular flexibility index (Phi) is 4.57. The summed E-state index contributed by atoms with van der Waals surface area (Å²) in [4.78, 5) is 3.97. The Morgan fingerprint density at radius 2 is 2.25 bits per heavy atom. The van der Waals surface area contributed by atoms with E-state index in [1.807, 2.05) is 6.07 Å². The molecule has 0 aliphatic carbocycles. The zero-order chi connectivity index (χ0) is 11.2. The molecule has 0 radical (unpaired) electrons.